The monoisotopic (exact) mass is 114 g/mol. The van der Waals surface area contributed by atoms with E-state index in [1.807, 2.05) is 6.92 Å². The van der Waals surface area contributed by atoms with E-state index in [0.29, 0.717) is 11.8 Å². The smallest absolute Gasteiger partial charge is 0.0957 e. The highest BCUT2D eigenvalue weighted by atomic mass is 14.9. The molecule has 1 unspecified atom stereocenters. The fourth-order valence-corrected chi connectivity index (χ4v) is 0.451. The highest BCUT2D eigenvalue weighted by Crippen LogP contribution is 1.98. The molecule has 0 spiro atoms. The van der Waals surface area contributed by atoms with Crippen molar-refractivity contribution in [3.05, 3.63) is 0 Å². The summed E-state index contributed by atoms with van der Waals surface area (Å²) in [6, 6.07) is 0. The van der Waals surface area contributed by atoms with Crippen molar-refractivity contribution < 1.29 is 0 Å². The van der Waals surface area contributed by atoms with Gasteiger partial charge in [0.05, 0.1) is 5.84 Å². The topological polar surface area (TPSA) is 35.9 Å². The van der Waals surface area contributed by atoms with E-state index in [1.54, 1.807) is 7.05 Å². The van der Waals surface area contributed by atoms with Crippen LogP contribution in [-0.2, 0) is 0 Å². The second-order valence-electron chi connectivity index (χ2n) is 1.97. The van der Waals surface area contributed by atoms with Gasteiger partial charge in [0.25, 0.3) is 0 Å². The maximum absolute atomic E-state index is 7.23. The molecule has 0 bridgehead atoms. The minimum atomic E-state index is 0.389. The zero-order valence-electron chi connectivity index (χ0n) is 5.78. The molecule has 0 aromatic rings. The van der Waals surface area contributed by atoms with Crippen LogP contribution in [0.25, 0.3) is 0 Å². The zero-order chi connectivity index (χ0) is 6.57. The van der Waals surface area contributed by atoms with Gasteiger partial charge in [-0.25, -0.2) is 0 Å². The Morgan fingerprint density at radius 2 is 2.25 bits per heavy atom. The van der Waals surface area contributed by atoms with Crippen LogP contribution in [0, 0.1) is 11.3 Å². The van der Waals surface area contributed by atoms with Crippen LogP contribution in [0.4, 0.5) is 0 Å². The van der Waals surface area contributed by atoms with Crippen LogP contribution in [0.15, 0.2) is 0 Å². The van der Waals surface area contributed by atoms with Gasteiger partial charge < -0.3 is 5.32 Å². The summed E-state index contributed by atoms with van der Waals surface area (Å²) in [5.74, 6) is 1.02. The van der Waals surface area contributed by atoms with Crippen LogP contribution in [0.2, 0.25) is 0 Å². The van der Waals surface area contributed by atoms with E-state index in [4.69, 9.17) is 5.41 Å². The van der Waals surface area contributed by atoms with Crippen molar-refractivity contribution in [3.63, 3.8) is 0 Å². The van der Waals surface area contributed by atoms with Gasteiger partial charge in [0.15, 0.2) is 0 Å². The Labute approximate surface area is 50.8 Å². The predicted molar refractivity (Wildman–Crippen MR) is 36.2 cm³/mol. The van der Waals surface area contributed by atoms with Crippen LogP contribution in [-0.4, -0.2) is 12.9 Å². The Balaban J connectivity index is 3.46. The molecule has 2 heteroatoms. The molecule has 0 heterocycles. The molecule has 0 saturated carbocycles. The van der Waals surface area contributed by atoms with Gasteiger partial charge in [-0.1, -0.05) is 13.8 Å². The Bertz CT molecular complexity index is 78.6. The van der Waals surface area contributed by atoms with Crippen LogP contribution >= 0.6 is 0 Å². The third-order valence-corrected chi connectivity index (χ3v) is 1.37. The zero-order valence-corrected chi connectivity index (χ0v) is 5.78. The highest BCUT2D eigenvalue weighted by Gasteiger charge is 2.01. The van der Waals surface area contributed by atoms with Gasteiger partial charge in [-0.05, 0) is 6.42 Å². The lowest BCUT2D eigenvalue weighted by molar-refractivity contribution is 0.710. The van der Waals surface area contributed by atoms with E-state index in [-0.39, 0.29) is 0 Å². The molecular weight excluding hydrogens is 100 g/mol. The molecule has 1 atom stereocenters. The Kier molecular flexibility index (Phi) is 3.24. The molecule has 0 rings (SSSR count). The molecule has 0 aliphatic heterocycles. The molecule has 0 amide bonds. The third kappa shape index (κ3) is 1.96. The Morgan fingerprint density at radius 1 is 1.75 bits per heavy atom. The maximum Gasteiger partial charge on any atom is 0.0957 e. The molecule has 0 saturated heterocycles. The molecule has 0 aliphatic carbocycles. The first kappa shape index (κ1) is 7.47. The van der Waals surface area contributed by atoms with Crippen LogP contribution in [0.3, 0.4) is 0 Å². The van der Waals surface area contributed by atoms with Gasteiger partial charge in [-0.2, -0.15) is 0 Å². The van der Waals surface area contributed by atoms with Crippen molar-refractivity contribution in [3.8, 4) is 0 Å². The lowest BCUT2D eigenvalue weighted by Gasteiger charge is -2.07. The van der Waals surface area contributed by atoms with Crippen molar-refractivity contribution in [2.75, 3.05) is 7.05 Å². The lowest BCUT2D eigenvalue weighted by Crippen LogP contribution is -2.23. The van der Waals surface area contributed by atoms with Gasteiger partial charge in [0.1, 0.15) is 0 Å². The summed E-state index contributed by atoms with van der Waals surface area (Å²) < 4.78 is 0. The van der Waals surface area contributed by atoms with Crippen molar-refractivity contribution in [2.45, 2.75) is 20.3 Å². The van der Waals surface area contributed by atoms with Crippen LogP contribution < -0.4 is 5.32 Å². The Hall–Kier alpha value is -0.530. The standard InChI is InChI=1S/C6H14N2/c1-4-5(2)6(7)8-3/h5H,4H2,1-3H3,(H2,7,8). The largest absolute Gasteiger partial charge is 0.377 e. The summed E-state index contributed by atoms with van der Waals surface area (Å²) >= 11 is 0. The van der Waals surface area contributed by atoms with E-state index in [2.05, 4.69) is 12.2 Å². The third-order valence-electron chi connectivity index (χ3n) is 1.37. The molecule has 0 aromatic heterocycles. The van der Waals surface area contributed by atoms with Crippen molar-refractivity contribution in [1.29, 1.82) is 5.41 Å². The first-order chi connectivity index (χ1) is 3.72. The lowest BCUT2D eigenvalue weighted by atomic mass is 10.1. The molecule has 8 heavy (non-hydrogen) atoms. The summed E-state index contributed by atoms with van der Waals surface area (Å²) in [5.41, 5.74) is 0. The second kappa shape index (κ2) is 3.47. The van der Waals surface area contributed by atoms with E-state index in [0.717, 1.165) is 6.42 Å². The predicted octanol–water partition coefficient (Wildman–Crippen LogP) is 1.23. The molecular formula is C6H14N2. The minimum Gasteiger partial charge on any atom is -0.377 e. The summed E-state index contributed by atoms with van der Waals surface area (Å²) in [7, 11) is 1.79. The normalized spacial score (nSPS) is 12.9. The summed E-state index contributed by atoms with van der Waals surface area (Å²) in [6.07, 6.45) is 1.04. The van der Waals surface area contributed by atoms with E-state index in [1.165, 1.54) is 0 Å². The number of rotatable bonds is 2. The van der Waals surface area contributed by atoms with Gasteiger partial charge >= 0.3 is 0 Å². The summed E-state index contributed by atoms with van der Waals surface area (Å²) in [6.45, 7) is 4.12. The van der Waals surface area contributed by atoms with E-state index in [9.17, 15) is 0 Å². The molecule has 0 aromatic carbocycles. The average molecular weight is 114 g/mol. The van der Waals surface area contributed by atoms with E-state index < -0.39 is 0 Å². The molecule has 0 fully saturated rings. The van der Waals surface area contributed by atoms with Gasteiger partial charge in [-0.3, -0.25) is 5.41 Å². The van der Waals surface area contributed by atoms with Gasteiger partial charge in [0, 0.05) is 13.0 Å². The second-order valence-corrected chi connectivity index (χ2v) is 1.97. The van der Waals surface area contributed by atoms with Gasteiger partial charge in [0.2, 0.25) is 0 Å². The van der Waals surface area contributed by atoms with Crippen LogP contribution in [0.1, 0.15) is 20.3 Å². The summed E-state index contributed by atoms with van der Waals surface area (Å²) in [5, 5.41) is 10.0. The Morgan fingerprint density at radius 3 is 2.38 bits per heavy atom. The molecule has 2 nitrogen and oxygen atoms in total. The van der Waals surface area contributed by atoms with Crippen molar-refractivity contribution in [2.24, 2.45) is 5.92 Å². The molecule has 2 N–H and O–H groups in total. The number of hydrogen-bond donors (Lipinski definition) is 2. The number of amidine groups is 1. The fourth-order valence-electron chi connectivity index (χ4n) is 0.451. The highest BCUT2D eigenvalue weighted by molar-refractivity contribution is 5.80. The summed E-state index contributed by atoms with van der Waals surface area (Å²) in [4.78, 5) is 0. The first-order valence-corrected chi connectivity index (χ1v) is 2.98. The maximum atomic E-state index is 7.23. The van der Waals surface area contributed by atoms with Crippen molar-refractivity contribution in [1.82, 2.24) is 5.32 Å². The fraction of sp³-hybridized carbons (Fsp3) is 0.833. The number of hydrogen-bond acceptors (Lipinski definition) is 1. The first-order valence-electron chi connectivity index (χ1n) is 2.98. The van der Waals surface area contributed by atoms with Crippen LogP contribution in [0.5, 0.6) is 0 Å². The molecule has 0 radical (unpaired) electrons. The SMILES string of the molecule is CCC(C)C(=N)NC. The van der Waals surface area contributed by atoms with E-state index >= 15 is 0 Å². The molecule has 0 aliphatic rings. The average Bonchev–Trinajstić information content (AvgIpc) is 1.84. The molecule has 48 valence electrons. The minimum absolute atomic E-state index is 0.389. The van der Waals surface area contributed by atoms with Crippen molar-refractivity contribution >= 4 is 5.84 Å². The quantitative estimate of drug-likeness (QED) is 0.411. The number of nitrogens with one attached hydrogen (secondary N) is 2. The van der Waals surface area contributed by atoms with Gasteiger partial charge in [-0.15, -0.1) is 0 Å².